The minimum absolute atomic E-state index is 0.124. The van der Waals surface area contributed by atoms with Crippen LogP contribution in [0.3, 0.4) is 0 Å². The van der Waals surface area contributed by atoms with E-state index in [4.69, 9.17) is 16.1 Å². The van der Waals surface area contributed by atoms with E-state index in [2.05, 4.69) is 15.5 Å². The van der Waals surface area contributed by atoms with Gasteiger partial charge in [0.1, 0.15) is 17.9 Å². The van der Waals surface area contributed by atoms with Crippen LogP contribution in [-0.2, 0) is 16.9 Å². The smallest absolute Gasteiger partial charge is 0.325 e. The Morgan fingerprint density at radius 1 is 1.13 bits per heavy atom. The lowest BCUT2D eigenvalue weighted by molar-refractivity contribution is -0.132. The van der Waals surface area contributed by atoms with Gasteiger partial charge < -0.3 is 9.84 Å². The molecule has 0 aliphatic carbocycles. The molecule has 1 aromatic heterocycles. The van der Waals surface area contributed by atoms with Crippen molar-refractivity contribution in [2.75, 3.05) is 0 Å². The van der Waals surface area contributed by atoms with Crippen LogP contribution in [-0.4, -0.2) is 27.0 Å². The van der Waals surface area contributed by atoms with Crippen molar-refractivity contribution in [1.29, 1.82) is 0 Å². The summed E-state index contributed by atoms with van der Waals surface area (Å²) in [5.74, 6) is -0.388. The number of imide groups is 1. The maximum absolute atomic E-state index is 13.4. The molecule has 0 saturated carbocycles. The van der Waals surface area contributed by atoms with Crippen LogP contribution < -0.4 is 5.32 Å². The monoisotopic (exact) mass is 442 g/mol. The normalized spacial score (nSPS) is 18.5. The SMILES string of the molecule is CCCC[C@]1(c2ccc(F)cc2)NC(=O)N(Cc2nc(-c3ccc(Cl)cc3)no2)C1=O. The first-order valence-corrected chi connectivity index (χ1v) is 10.3. The third kappa shape index (κ3) is 4.03. The largest absolute Gasteiger partial charge is 0.337 e. The standard InChI is InChI=1S/C22H20ClFN4O3/c1-2-3-12-22(15-6-10-17(24)11-7-15)20(29)28(21(30)26-22)13-18-25-19(27-31-18)14-4-8-16(23)9-5-14/h4-11H,2-3,12-13H2,1H3,(H,26,30)/t22-/m1/s1. The number of unbranched alkanes of at least 4 members (excludes halogenated alkanes) is 1. The second-order valence-corrected chi connectivity index (χ2v) is 7.79. The molecule has 1 saturated heterocycles. The number of carbonyl (C=O) groups is 2. The summed E-state index contributed by atoms with van der Waals surface area (Å²) in [5.41, 5.74) is -0.0180. The molecule has 1 N–H and O–H groups in total. The first-order chi connectivity index (χ1) is 14.9. The van der Waals surface area contributed by atoms with Gasteiger partial charge in [0.25, 0.3) is 5.91 Å². The van der Waals surface area contributed by atoms with Gasteiger partial charge in [-0.15, -0.1) is 0 Å². The van der Waals surface area contributed by atoms with E-state index < -0.39 is 23.3 Å². The van der Waals surface area contributed by atoms with Crippen molar-refractivity contribution in [3.8, 4) is 11.4 Å². The van der Waals surface area contributed by atoms with Crippen LogP contribution in [0.15, 0.2) is 53.1 Å². The van der Waals surface area contributed by atoms with Gasteiger partial charge in [-0.3, -0.25) is 9.69 Å². The van der Waals surface area contributed by atoms with Gasteiger partial charge in [0.2, 0.25) is 11.7 Å². The maximum atomic E-state index is 13.4. The van der Waals surface area contributed by atoms with Crippen LogP contribution in [0.5, 0.6) is 0 Å². The van der Waals surface area contributed by atoms with Gasteiger partial charge in [-0.25, -0.2) is 9.18 Å². The molecule has 3 amide bonds. The number of carbonyl (C=O) groups excluding carboxylic acids is 2. The molecule has 160 valence electrons. The number of nitrogens with zero attached hydrogens (tertiary/aromatic N) is 3. The van der Waals surface area contributed by atoms with Crippen molar-refractivity contribution in [1.82, 2.24) is 20.4 Å². The van der Waals surface area contributed by atoms with Crippen molar-refractivity contribution in [3.63, 3.8) is 0 Å². The van der Waals surface area contributed by atoms with Gasteiger partial charge in [0.15, 0.2) is 0 Å². The highest BCUT2D eigenvalue weighted by atomic mass is 35.5. The summed E-state index contributed by atoms with van der Waals surface area (Å²) in [6.07, 6.45) is 1.94. The van der Waals surface area contributed by atoms with Crippen molar-refractivity contribution in [3.05, 3.63) is 70.8 Å². The van der Waals surface area contributed by atoms with Crippen molar-refractivity contribution in [2.24, 2.45) is 0 Å². The first-order valence-electron chi connectivity index (χ1n) is 9.91. The number of nitrogens with one attached hydrogen (secondary N) is 1. The number of hydrogen-bond donors (Lipinski definition) is 1. The summed E-state index contributed by atoms with van der Waals surface area (Å²) in [4.78, 5) is 31.5. The van der Waals surface area contributed by atoms with Crippen LogP contribution in [0.2, 0.25) is 5.02 Å². The Labute approximate surface area is 183 Å². The van der Waals surface area contributed by atoms with Crippen LogP contribution in [0.1, 0.15) is 37.6 Å². The minimum atomic E-state index is -1.25. The van der Waals surface area contributed by atoms with Gasteiger partial charge in [0, 0.05) is 10.6 Å². The zero-order valence-corrected chi connectivity index (χ0v) is 17.5. The van der Waals surface area contributed by atoms with Crippen LogP contribution in [0.4, 0.5) is 9.18 Å². The number of urea groups is 1. The lowest BCUT2D eigenvalue weighted by Crippen LogP contribution is -2.44. The van der Waals surface area contributed by atoms with E-state index in [1.165, 1.54) is 24.3 Å². The van der Waals surface area contributed by atoms with E-state index in [-0.39, 0.29) is 12.4 Å². The molecule has 1 fully saturated rings. The third-order valence-corrected chi connectivity index (χ3v) is 5.53. The van der Waals surface area contributed by atoms with E-state index in [0.717, 1.165) is 11.3 Å². The molecular formula is C22H20ClFN4O3. The molecule has 2 heterocycles. The molecule has 0 bridgehead atoms. The molecule has 3 aromatic rings. The molecule has 1 atom stereocenters. The average molecular weight is 443 g/mol. The molecular weight excluding hydrogens is 423 g/mol. The van der Waals surface area contributed by atoms with E-state index in [0.29, 0.717) is 34.8 Å². The fraction of sp³-hybridized carbons (Fsp3) is 0.273. The predicted molar refractivity (Wildman–Crippen MR) is 111 cm³/mol. The third-order valence-electron chi connectivity index (χ3n) is 5.28. The van der Waals surface area contributed by atoms with Gasteiger partial charge in [-0.05, 0) is 48.4 Å². The Morgan fingerprint density at radius 2 is 1.84 bits per heavy atom. The first kappa shape index (κ1) is 21.0. The second kappa shape index (κ2) is 8.47. The Kier molecular flexibility index (Phi) is 5.73. The lowest BCUT2D eigenvalue weighted by Gasteiger charge is -2.27. The van der Waals surface area contributed by atoms with Crippen LogP contribution in [0.25, 0.3) is 11.4 Å². The zero-order valence-electron chi connectivity index (χ0n) is 16.8. The highest BCUT2D eigenvalue weighted by Crippen LogP contribution is 2.35. The Bertz CT molecular complexity index is 1100. The van der Waals surface area contributed by atoms with Crippen molar-refractivity contribution >= 4 is 23.5 Å². The van der Waals surface area contributed by atoms with Gasteiger partial charge in [0.05, 0.1) is 0 Å². The predicted octanol–water partition coefficient (Wildman–Crippen LogP) is 4.67. The fourth-order valence-corrected chi connectivity index (χ4v) is 3.75. The summed E-state index contributed by atoms with van der Waals surface area (Å²) in [7, 11) is 0. The van der Waals surface area contributed by atoms with Crippen molar-refractivity contribution < 1.29 is 18.5 Å². The number of benzene rings is 2. The quantitative estimate of drug-likeness (QED) is 0.537. The van der Waals surface area contributed by atoms with E-state index >= 15 is 0 Å². The van der Waals surface area contributed by atoms with E-state index in [1.54, 1.807) is 24.3 Å². The second-order valence-electron chi connectivity index (χ2n) is 7.36. The Morgan fingerprint density at radius 3 is 2.52 bits per heavy atom. The molecule has 0 radical (unpaired) electrons. The molecule has 2 aromatic carbocycles. The highest BCUT2D eigenvalue weighted by molar-refractivity contribution is 6.30. The molecule has 0 unspecified atom stereocenters. The highest BCUT2D eigenvalue weighted by Gasteiger charge is 2.52. The lowest BCUT2D eigenvalue weighted by atomic mass is 9.85. The molecule has 1 aliphatic heterocycles. The molecule has 9 heteroatoms. The molecule has 4 rings (SSSR count). The number of hydrogen-bond acceptors (Lipinski definition) is 5. The number of amides is 3. The van der Waals surface area contributed by atoms with E-state index in [9.17, 15) is 14.0 Å². The molecule has 7 nitrogen and oxygen atoms in total. The number of aromatic nitrogens is 2. The molecule has 31 heavy (non-hydrogen) atoms. The fourth-order valence-electron chi connectivity index (χ4n) is 3.63. The van der Waals surface area contributed by atoms with Gasteiger partial charge in [-0.2, -0.15) is 4.98 Å². The van der Waals surface area contributed by atoms with Crippen molar-refractivity contribution in [2.45, 2.75) is 38.3 Å². The topological polar surface area (TPSA) is 88.3 Å². The Balaban J connectivity index is 1.59. The van der Waals surface area contributed by atoms with Gasteiger partial charge in [-0.1, -0.05) is 48.7 Å². The summed E-state index contributed by atoms with van der Waals surface area (Å²) < 4.78 is 18.7. The van der Waals surface area contributed by atoms with E-state index in [1.807, 2.05) is 6.92 Å². The summed E-state index contributed by atoms with van der Waals surface area (Å²) in [6.45, 7) is 1.83. The van der Waals surface area contributed by atoms with Crippen LogP contribution >= 0.6 is 11.6 Å². The minimum Gasteiger partial charge on any atom is -0.337 e. The summed E-state index contributed by atoms with van der Waals surface area (Å²) >= 11 is 5.90. The molecule has 0 spiro atoms. The molecule has 1 aliphatic rings. The zero-order chi connectivity index (χ0) is 22.0. The van der Waals surface area contributed by atoms with Gasteiger partial charge >= 0.3 is 6.03 Å². The Hall–Kier alpha value is -3.26. The maximum Gasteiger partial charge on any atom is 0.325 e. The summed E-state index contributed by atoms with van der Waals surface area (Å²) in [5, 5.41) is 7.31. The summed E-state index contributed by atoms with van der Waals surface area (Å²) in [6, 6.07) is 11.9. The number of rotatable bonds is 7. The average Bonchev–Trinajstić information content (AvgIpc) is 3.32. The number of halogens is 2. The van der Waals surface area contributed by atoms with Crippen LogP contribution in [0, 0.1) is 5.82 Å².